The van der Waals surface area contributed by atoms with E-state index >= 15 is 0 Å². The molecular formula is C14H13ClN4O. The Hall–Kier alpha value is -2.27. The Bertz CT molecular complexity index is 704. The van der Waals surface area contributed by atoms with E-state index in [2.05, 4.69) is 15.3 Å². The van der Waals surface area contributed by atoms with E-state index in [1.807, 2.05) is 18.2 Å². The molecule has 0 radical (unpaired) electrons. The zero-order valence-electron chi connectivity index (χ0n) is 10.9. The van der Waals surface area contributed by atoms with E-state index in [4.69, 9.17) is 11.6 Å². The molecule has 6 heteroatoms. The van der Waals surface area contributed by atoms with Crippen LogP contribution < -0.4 is 5.32 Å². The van der Waals surface area contributed by atoms with Gasteiger partial charge in [0, 0.05) is 18.3 Å². The lowest BCUT2D eigenvalue weighted by atomic mass is 10.1. The first-order valence-corrected chi connectivity index (χ1v) is 6.57. The molecule has 0 saturated heterocycles. The van der Waals surface area contributed by atoms with Gasteiger partial charge in [0.05, 0.1) is 11.3 Å². The molecule has 0 fully saturated rings. The zero-order valence-corrected chi connectivity index (χ0v) is 11.6. The van der Waals surface area contributed by atoms with Gasteiger partial charge in [-0.2, -0.15) is 4.74 Å². The first-order valence-electron chi connectivity index (χ1n) is 6.19. The number of hydroxylamine groups is 1. The first-order chi connectivity index (χ1) is 9.69. The lowest BCUT2D eigenvalue weighted by molar-refractivity contribution is -0.439. The number of rotatable bonds is 1. The van der Waals surface area contributed by atoms with Gasteiger partial charge in [0.1, 0.15) is 5.69 Å². The summed E-state index contributed by atoms with van der Waals surface area (Å²) in [7, 11) is 1.75. The number of aromatic nitrogens is 1. The number of nitrogens with one attached hydrogen (secondary N) is 2. The maximum Gasteiger partial charge on any atom is 0.244 e. The van der Waals surface area contributed by atoms with Crippen molar-refractivity contribution >= 4 is 28.8 Å². The molecule has 2 aromatic rings. The second-order valence-electron chi connectivity index (χ2n) is 4.44. The summed E-state index contributed by atoms with van der Waals surface area (Å²) >= 11 is 6.07. The fourth-order valence-corrected chi connectivity index (χ4v) is 2.39. The lowest BCUT2D eigenvalue weighted by Gasteiger charge is -2.09. The van der Waals surface area contributed by atoms with Crippen LogP contribution >= 0.6 is 11.6 Å². The van der Waals surface area contributed by atoms with Crippen molar-refractivity contribution in [3.05, 3.63) is 58.0 Å². The molecule has 1 aromatic carbocycles. The SMILES string of the molecule is CNC1=Nc2ccc(Cl)cc2C(c2ccc[nH]2)=[N+]([O-])C1. The number of H-pyrrole nitrogens is 1. The summed E-state index contributed by atoms with van der Waals surface area (Å²) in [5.74, 6) is 0.616. The number of likely N-dealkylation sites (N-methyl/N-ethyl adjacent to an activating group) is 1. The van der Waals surface area contributed by atoms with Crippen LogP contribution in [0, 0.1) is 5.21 Å². The molecular weight excluding hydrogens is 276 g/mol. The topological polar surface area (TPSA) is 66.2 Å². The molecule has 0 bridgehead atoms. The van der Waals surface area contributed by atoms with Crippen molar-refractivity contribution < 1.29 is 4.74 Å². The monoisotopic (exact) mass is 288 g/mol. The normalized spacial score (nSPS) is 14.6. The molecule has 2 N–H and O–H groups in total. The highest BCUT2D eigenvalue weighted by Crippen LogP contribution is 2.27. The van der Waals surface area contributed by atoms with Crippen molar-refractivity contribution in [3.63, 3.8) is 0 Å². The number of amidine groups is 1. The van der Waals surface area contributed by atoms with Crippen molar-refractivity contribution in [3.8, 4) is 0 Å². The van der Waals surface area contributed by atoms with E-state index in [-0.39, 0.29) is 6.54 Å². The van der Waals surface area contributed by atoms with Gasteiger partial charge in [-0.3, -0.25) is 0 Å². The van der Waals surface area contributed by atoms with Crippen LogP contribution in [0.1, 0.15) is 11.3 Å². The highest BCUT2D eigenvalue weighted by Gasteiger charge is 2.25. The minimum Gasteiger partial charge on any atom is -0.623 e. The van der Waals surface area contributed by atoms with Gasteiger partial charge >= 0.3 is 0 Å². The minimum atomic E-state index is 0.164. The Morgan fingerprint density at radius 1 is 1.40 bits per heavy atom. The van der Waals surface area contributed by atoms with E-state index in [1.165, 1.54) is 0 Å². The predicted octanol–water partition coefficient (Wildman–Crippen LogP) is 2.28. The second kappa shape index (κ2) is 5.02. The number of nitrogens with zero attached hydrogens (tertiary/aromatic N) is 2. The summed E-state index contributed by atoms with van der Waals surface area (Å²) in [6.45, 7) is 0.164. The van der Waals surface area contributed by atoms with Crippen LogP contribution in [0.15, 0.2) is 41.5 Å². The van der Waals surface area contributed by atoms with E-state index in [1.54, 1.807) is 25.4 Å². The van der Waals surface area contributed by atoms with Crippen LogP contribution in [-0.4, -0.2) is 34.9 Å². The molecule has 5 nitrogen and oxygen atoms in total. The Labute approximate surface area is 121 Å². The standard InChI is InChI=1S/C14H13ClN4O/c1-16-13-8-19(20)14(12-3-2-6-17-12)10-7-9(15)4-5-11(10)18-13/h2-7,17H,8H2,1H3,(H,16,18). The Kier molecular flexibility index (Phi) is 3.20. The highest BCUT2D eigenvalue weighted by molar-refractivity contribution is 6.31. The largest absolute Gasteiger partial charge is 0.623 e. The number of halogens is 1. The van der Waals surface area contributed by atoms with Gasteiger partial charge in [-0.05, 0) is 30.3 Å². The van der Waals surface area contributed by atoms with Gasteiger partial charge in [0.25, 0.3) is 0 Å². The smallest absolute Gasteiger partial charge is 0.244 e. The molecule has 3 rings (SSSR count). The van der Waals surface area contributed by atoms with E-state index in [9.17, 15) is 5.21 Å². The molecule has 20 heavy (non-hydrogen) atoms. The summed E-state index contributed by atoms with van der Waals surface area (Å²) in [5, 5.41) is 16.0. The van der Waals surface area contributed by atoms with Crippen molar-refractivity contribution in [1.29, 1.82) is 0 Å². The van der Waals surface area contributed by atoms with Crippen molar-refractivity contribution in [2.45, 2.75) is 0 Å². The Morgan fingerprint density at radius 3 is 2.95 bits per heavy atom. The number of benzene rings is 1. The lowest BCUT2D eigenvalue weighted by Crippen LogP contribution is -2.29. The van der Waals surface area contributed by atoms with Crippen molar-refractivity contribution in [2.24, 2.45) is 4.99 Å². The summed E-state index contributed by atoms with van der Waals surface area (Å²) in [4.78, 5) is 7.54. The fraction of sp³-hybridized carbons (Fsp3) is 0.143. The number of fused-ring (bicyclic) bond motifs is 1. The van der Waals surface area contributed by atoms with E-state index < -0.39 is 0 Å². The van der Waals surface area contributed by atoms with Crippen LogP contribution in [0.5, 0.6) is 0 Å². The van der Waals surface area contributed by atoms with Gasteiger partial charge in [-0.25, -0.2) is 4.99 Å². The number of aromatic amines is 1. The van der Waals surface area contributed by atoms with E-state index in [0.717, 1.165) is 21.7 Å². The highest BCUT2D eigenvalue weighted by atomic mass is 35.5. The molecule has 0 amide bonds. The van der Waals surface area contributed by atoms with Crippen LogP contribution in [0.25, 0.3) is 0 Å². The first kappa shape index (κ1) is 12.7. The van der Waals surface area contributed by atoms with Crippen LogP contribution in [0.2, 0.25) is 5.02 Å². The molecule has 0 spiro atoms. The van der Waals surface area contributed by atoms with Crippen molar-refractivity contribution in [1.82, 2.24) is 10.3 Å². The quantitative estimate of drug-likeness (QED) is 0.624. The maximum absolute atomic E-state index is 12.5. The van der Waals surface area contributed by atoms with Gasteiger partial charge in [0.2, 0.25) is 12.3 Å². The Balaban J connectivity index is 2.27. The van der Waals surface area contributed by atoms with Crippen LogP contribution in [-0.2, 0) is 0 Å². The number of hydrogen-bond acceptors (Lipinski definition) is 3. The van der Waals surface area contributed by atoms with Gasteiger partial charge in [0.15, 0.2) is 5.84 Å². The summed E-state index contributed by atoms with van der Waals surface area (Å²) in [6.07, 6.45) is 1.78. The zero-order chi connectivity index (χ0) is 14.1. The molecule has 2 heterocycles. The van der Waals surface area contributed by atoms with Crippen LogP contribution in [0.4, 0.5) is 5.69 Å². The molecule has 0 aliphatic carbocycles. The third-order valence-corrected chi connectivity index (χ3v) is 3.39. The molecule has 1 aliphatic heterocycles. The number of aliphatic imine (C=N–C) groups is 1. The Morgan fingerprint density at radius 2 is 2.25 bits per heavy atom. The average Bonchev–Trinajstić information content (AvgIpc) is 2.90. The summed E-state index contributed by atoms with van der Waals surface area (Å²) in [6, 6.07) is 9.06. The molecule has 0 atom stereocenters. The summed E-state index contributed by atoms with van der Waals surface area (Å²) in [5.41, 5.74) is 2.74. The van der Waals surface area contributed by atoms with Gasteiger partial charge < -0.3 is 15.5 Å². The van der Waals surface area contributed by atoms with Gasteiger partial charge in [-0.1, -0.05) is 11.6 Å². The average molecular weight is 289 g/mol. The number of hydrogen-bond donors (Lipinski definition) is 2. The molecule has 1 aromatic heterocycles. The maximum atomic E-state index is 12.5. The molecule has 0 saturated carbocycles. The molecule has 1 aliphatic rings. The molecule has 102 valence electrons. The molecule has 0 unspecified atom stereocenters. The fourth-order valence-electron chi connectivity index (χ4n) is 2.22. The second-order valence-corrected chi connectivity index (χ2v) is 4.88. The van der Waals surface area contributed by atoms with E-state index in [0.29, 0.717) is 16.6 Å². The third kappa shape index (κ3) is 2.16. The predicted molar refractivity (Wildman–Crippen MR) is 80.1 cm³/mol. The van der Waals surface area contributed by atoms with Crippen LogP contribution in [0.3, 0.4) is 0 Å². The van der Waals surface area contributed by atoms with Crippen molar-refractivity contribution in [2.75, 3.05) is 13.6 Å². The summed E-state index contributed by atoms with van der Waals surface area (Å²) < 4.78 is 0.920. The minimum absolute atomic E-state index is 0.164. The van der Waals surface area contributed by atoms with Gasteiger partial charge in [-0.15, -0.1) is 0 Å². The third-order valence-electron chi connectivity index (χ3n) is 3.15.